The zero-order valence-corrected chi connectivity index (χ0v) is 21.5. The van der Waals surface area contributed by atoms with E-state index in [1.165, 1.54) is 0 Å². The van der Waals surface area contributed by atoms with Crippen LogP contribution in [0.25, 0.3) is 11.3 Å². The first-order chi connectivity index (χ1) is 17.5. The average molecular weight is 506 g/mol. The van der Waals surface area contributed by atoms with Crippen LogP contribution in [0.1, 0.15) is 29.8 Å². The van der Waals surface area contributed by atoms with Crippen LogP contribution in [0, 0.1) is 11.3 Å². The highest BCUT2D eigenvalue weighted by Gasteiger charge is 2.17. The van der Waals surface area contributed by atoms with Gasteiger partial charge in [0.25, 0.3) is 0 Å². The van der Waals surface area contributed by atoms with E-state index in [1.54, 1.807) is 6.20 Å². The van der Waals surface area contributed by atoms with Crippen molar-refractivity contribution in [2.45, 2.75) is 30.3 Å². The Kier molecular flexibility index (Phi) is 9.14. The molecule has 0 saturated carbocycles. The second kappa shape index (κ2) is 12.7. The maximum atomic E-state index is 12.4. The van der Waals surface area contributed by atoms with Gasteiger partial charge < -0.3 is 14.4 Å². The van der Waals surface area contributed by atoms with Gasteiger partial charge in [0.15, 0.2) is 0 Å². The molecule has 1 aliphatic heterocycles. The average Bonchev–Trinajstić information content (AvgIpc) is 2.90. The molecule has 4 rings (SSSR count). The van der Waals surface area contributed by atoms with E-state index in [0.717, 1.165) is 41.1 Å². The van der Waals surface area contributed by atoms with Crippen molar-refractivity contribution < 1.29 is 13.7 Å². The van der Waals surface area contributed by atoms with E-state index < -0.39 is 11.0 Å². The Morgan fingerprint density at radius 1 is 1.17 bits per heavy atom. The molecule has 1 saturated heterocycles. The summed E-state index contributed by atoms with van der Waals surface area (Å²) in [6.07, 6.45) is 4.00. The number of aromatic nitrogens is 2. The quantitative estimate of drug-likeness (QED) is 0.451. The lowest BCUT2D eigenvalue weighted by molar-refractivity contribution is 0.0254. The van der Waals surface area contributed by atoms with Gasteiger partial charge >= 0.3 is 0 Å². The minimum absolute atomic E-state index is 0.0694. The van der Waals surface area contributed by atoms with Crippen molar-refractivity contribution >= 4 is 11.0 Å². The Bertz CT molecular complexity index is 1220. The Hall–Kier alpha value is -3.16. The van der Waals surface area contributed by atoms with Crippen LogP contribution in [-0.4, -0.2) is 65.6 Å². The van der Waals surface area contributed by atoms with Gasteiger partial charge in [-0.15, -0.1) is 0 Å². The number of nitriles is 1. The lowest BCUT2D eigenvalue weighted by atomic mass is 10.1. The molecule has 0 spiro atoms. The van der Waals surface area contributed by atoms with E-state index in [9.17, 15) is 9.47 Å². The standard InChI is InChI=1S/C27H31N5O3S/c1-32(2)14-13-30-36(33)24-6-3-20(4-7-24)17-27-29-12-9-25(31-27)21-5-8-26(22(18-21)19-28)35-23-10-15-34-16-11-23/h3-9,12,18,23,30H,10-11,13-17H2,1-2H3. The van der Waals surface area contributed by atoms with Crippen LogP contribution in [0.15, 0.2) is 59.6 Å². The molecule has 188 valence electrons. The maximum Gasteiger partial charge on any atom is 0.137 e. The first kappa shape index (κ1) is 25.9. The summed E-state index contributed by atoms with van der Waals surface area (Å²) < 4.78 is 26.9. The minimum atomic E-state index is -1.24. The van der Waals surface area contributed by atoms with Crippen molar-refractivity contribution in [3.8, 4) is 23.1 Å². The van der Waals surface area contributed by atoms with Crippen LogP contribution < -0.4 is 9.46 Å². The van der Waals surface area contributed by atoms with Crippen molar-refractivity contribution in [1.29, 1.82) is 5.26 Å². The van der Waals surface area contributed by atoms with E-state index in [2.05, 4.69) is 15.8 Å². The fourth-order valence-corrected chi connectivity index (χ4v) is 4.68. The van der Waals surface area contributed by atoms with Gasteiger partial charge in [-0.2, -0.15) is 5.26 Å². The van der Waals surface area contributed by atoms with Gasteiger partial charge in [0.05, 0.1) is 29.4 Å². The molecule has 8 nitrogen and oxygen atoms in total. The third kappa shape index (κ3) is 7.18. The minimum Gasteiger partial charge on any atom is -0.489 e. The molecule has 0 radical (unpaired) electrons. The molecule has 3 aromatic rings. The third-order valence-corrected chi connectivity index (χ3v) is 7.02. The van der Waals surface area contributed by atoms with Crippen LogP contribution in [0.3, 0.4) is 0 Å². The molecule has 0 amide bonds. The normalized spacial score (nSPS) is 14.9. The second-order valence-electron chi connectivity index (χ2n) is 8.90. The number of nitrogens with one attached hydrogen (secondary N) is 1. The van der Waals surface area contributed by atoms with Crippen LogP contribution >= 0.6 is 0 Å². The smallest absolute Gasteiger partial charge is 0.137 e. The molecule has 1 aromatic heterocycles. The summed E-state index contributed by atoms with van der Waals surface area (Å²) in [5, 5.41) is 9.69. The van der Waals surface area contributed by atoms with Crippen molar-refractivity contribution in [3.05, 3.63) is 71.7 Å². The molecule has 0 aliphatic carbocycles. The largest absolute Gasteiger partial charge is 0.489 e. The summed E-state index contributed by atoms with van der Waals surface area (Å²) in [5.74, 6) is 1.27. The Labute approximate surface area is 214 Å². The van der Waals surface area contributed by atoms with Crippen molar-refractivity contribution in [2.24, 2.45) is 0 Å². The fraction of sp³-hybridized carbons (Fsp3) is 0.370. The molecule has 1 aliphatic rings. The molecule has 2 aromatic carbocycles. The summed E-state index contributed by atoms with van der Waals surface area (Å²) in [5.41, 5.74) is 3.10. The van der Waals surface area contributed by atoms with Gasteiger partial charge in [-0.25, -0.2) is 18.9 Å². The number of hydrogen-bond donors (Lipinski definition) is 1. The Balaban J connectivity index is 1.42. The number of rotatable bonds is 10. The molecule has 1 N–H and O–H groups in total. The zero-order valence-electron chi connectivity index (χ0n) is 20.6. The van der Waals surface area contributed by atoms with Gasteiger partial charge in [0, 0.05) is 44.1 Å². The number of nitrogens with zero attached hydrogens (tertiary/aromatic N) is 4. The van der Waals surface area contributed by atoms with E-state index in [1.807, 2.05) is 67.5 Å². The van der Waals surface area contributed by atoms with Crippen molar-refractivity contribution in [2.75, 3.05) is 40.4 Å². The predicted molar refractivity (Wildman–Crippen MR) is 139 cm³/mol. The summed E-state index contributed by atoms with van der Waals surface area (Å²) in [6.45, 7) is 2.84. The Morgan fingerprint density at radius 3 is 2.67 bits per heavy atom. The summed E-state index contributed by atoms with van der Waals surface area (Å²) in [4.78, 5) is 11.9. The van der Waals surface area contributed by atoms with Crippen molar-refractivity contribution in [1.82, 2.24) is 19.6 Å². The monoisotopic (exact) mass is 505 g/mol. The first-order valence-electron chi connectivity index (χ1n) is 12.0. The lowest BCUT2D eigenvalue weighted by Crippen LogP contribution is -2.27. The van der Waals surface area contributed by atoms with Gasteiger partial charge in [-0.3, -0.25) is 0 Å². The van der Waals surface area contributed by atoms with E-state index in [4.69, 9.17) is 14.5 Å². The van der Waals surface area contributed by atoms with Crippen LogP contribution in [0.2, 0.25) is 0 Å². The number of likely N-dealkylation sites (N-methyl/N-ethyl adjacent to an activating group) is 1. The van der Waals surface area contributed by atoms with Gasteiger partial charge in [0.1, 0.15) is 34.7 Å². The number of benzene rings is 2. The molecule has 0 bridgehead atoms. The first-order valence-corrected chi connectivity index (χ1v) is 13.2. The zero-order chi connectivity index (χ0) is 25.3. The van der Waals surface area contributed by atoms with E-state index >= 15 is 0 Å². The predicted octanol–water partition coefficient (Wildman–Crippen LogP) is 3.34. The van der Waals surface area contributed by atoms with E-state index in [-0.39, 0.29) is 6.10 Å². The van der Waals surface area contributed by atoms with Crippen LogP contribution in [0.4, 0.5) is 0 Å². The fourth-order valence-electron chi connectivity index (χ4n) is 3.86. The van der Waals surface area contributed by atoms with Crippen molar-refractivity contribution in [3.63, 3.8) is 0 Å². The van der Waals surface area contributed by atoms with E-state index in [0.29, 0.717) is 43.3 Å². The van der Waals surface area contributed by atoms with Gasteiger partial charge in [0.2, 0.25) is 0 Å². The molecular formula is C27H31N5O3S. The second-order valence-corrected chi connectivity index (χ2v) is 10.2. The highest BCUT2D eigenvalue weighted by atomic mass is 32.2. The lowest BCUT2D eigenvalue weighted by Gasteiger charge is -2.23. The number of hydrogen-bond acceptors (Lipinski definition) is 7. The SMILES string of the molecule is CN(C)CCNS(=O)c1ccc(Cc2nccc(-c3ccc(OC4CCOCC4)c(C#N)c3)n2)cc1. The maximum absolute atomic E-state index is 12.4. The number of ether oxygens (including phenoxy) is 2. The molecule has 2 heterocycles. The van der Waals surface area contributed by atoms with Crippen LogP contribution in [-0.2, 0) is 22.1 Å². The Morgan fingerprint density at radius 2 is 1.94 bits per heavy atom. The molecule has 1 fully saturated rings. The highest BCUT2D eigenvalue weighted by molar-refractivity contribution is 7.83. The molecule has 36 heavy (non-hydrogen) atoms. The summed E-state index contributed by atoms with van der Waals surface area (Å²) >= 11 is 0. The van der Waals surface area contributed by atoms with Crippen LogP contribution in [0.5, 0.6) is 5.75 Å². The third-order valence-electron chi connectivity index (χ3n) is 5.86. The molecule has 1 atom stereocenters. The van der Waals surface area contributed by atoms with Gasteiger partial charge in [-0.1, -0.05) is 12.1 Å². The topological polar surface area (TPSA) is 100 Å². The summed E-state index contributed by atoms with van der Waals surface area (Å²) in [6, 6.07) is 17.3. The summed E-state index contributed by atoms with van der Waals surface area (Å²) in [7, 11) is 2.72. The molecule has 1 unspecified atom stereocenters. The van der Waals surface area contributed by atoms with Gasteiger partial charge in [-0.05, 0) is 56.1 Å². The highest BCUT2D eigenvalue weighted by Crippen LogP contribution is 2.27. The molecular weight excluding hydrogens is 474 g/mol. The molecule has 9 heteroatoms.